The van der Waals surface area contributed by atoms with Gasteiger partial charge in [0.2, 0.25) is 0 Å². The smallest absolute Gasteiger partial charge is 0.272 e. The van der Waals surface area contributed by atoms with E-state index in [9.17, 15) is 9.59 Å². The van der Waals surface area contributed by atoms with Gasteiger partial charge in [0.1, 0.15) is 25.1 Å². The van der Waals surface area contributed by atoms with Gasteiger partial charge >= 0.3 is 0 Å². The van der Waals surface area contributed by atoms with Crippen LogP contribution in [-0.4, -0.2) is 51.1 Å². The molecule has 0 fully saturated rings. The number of hydrogen-bond acceptors (Lipinski definition) is 5. The van der Waals surface area contributed by atoms with Crippen LogP contribution in [0.1, 0.15) is 16.2 Å². The summed E-state index contributed by atoms with van der Waals surface area (Å²) in [5.41, 5.74) is 1.72. The molecule has 2 aromatic heterocycles. The van der Waals surface area contributed by atoms with E-state index in [1.807, 2.05) is 31.3 Å². The number of nitrogens with zero attached hydrogens (tertiary/aromatic N) is 5. The van der Waals surface area contributed by atoms with Crippen LogP contribution >= 0.6 is 0 Å². The maximum Gasteiger partial charge on any atom is 0.272 e. The van der Waals surface area contributed by atoms with Crippen LogP contribution in [0.4, 0.5) is 5.69 Å². The summed E-state index contributed by atoms with van der Waals surface area (Å²) in [4.78, 5) is 26.9. The van der Waals surface area contributed by atoms with Crippen molar-refractivity contribution < 1.29 is 14.3 Å². The van der Waals surface area contributed by atoms with Gasteiger partial charge in [-0.2, -0.15) is 10.2 Å². The number of para-hydroxylation sites is 2. The zero-order valence-electron chi connectivity index (χ0n) is 15.6. The number of hydrogen-bond donors (Lipinski definition) is 1. The Morgan fingerprint density at radius 1 is 1.32 bits per heavy atom. The molecule has 0 radical (unpaired) electrons. The topological polar surface area (TPSA) is 94.3 Å². The van der Waals surface area contributed by atoms with Crippen molar-refractivity contribution >= 4 is 17.5 Å². The number of carbonyl (C=O) groups is 2. The SMILES string of the molecule is Cc1cc(C(=O)N[C@H]2COc3ccccc3N(C)C2=O)nn1Cn1cccn1. The number of fused-ring (bicyclic) bond motifs is 1. The predicted molar refractivity (Wildman–Crippen MR) is 101 cm³/mol. The van der Waals surface area contributed by atoms with Gasteiger partial charge in [-0.25, -0.2) is 4.68 Å². The summed E-state index contributed by atoms with van der Waals surface area (Å²) in [5.74, 6) is -0.0657. The molecular formula is C19H20N6O3. The standard InChI is InChI=1S/C19H20N6O3/c1-13-10-14(22-25(13)12-24-9-5-8-20-24)18(26)21-15-11-28-17-7-4-3-6-16(17)23(2)19(15)27/h3-10,15H,11-12H2,1-2H3,(H,21,26)/t15-/m0/s1. The molecule has 0 saturated carbocycles. The van der Waals surface area contributed by atoms with Crippen molar-refractivity contribution in [2.75, 3.05) is 18.6 Å². The van der Waals surface area contributed by atoms with Gasteiger partial charge in [0.15, 0.2) is 5.69 Å². The molecule has 0 saturated heterocycles. The first-order valence-electron chi connectivity index (χ1n) is 8.85. The fourth-order valence-corrected chi connectivity index (χ4v) is 3.07. The molecule has 2 amide bonds. The molecule has 1 aliphatic rings. The molecule has 0 bridgehead atoms. The maximum absolute atomic E-state index is 12.8. The fraction of sp³-hybridized carbons (Fsp3) is 0.263. The summed E-state index contributed by atoms with van der Waals surface area (Å²) in [6.07, 6.45) is 3.49. The van der Waals surface area contributed by atoms with Crippen LogP contribution in [0.5, 0.6) is 5.75 Å². The number of nitrogens with one attached hydrogen (secondary N) is 1. The Morgan fingerprint density at radius 2 is 2.14 bits per heavy atom. The Morgan fingerprint density at radius 3 is 2.93 bits per heavy atom. The summed E-state index contributed by atoms with van der Waals surface area (Å²) >= 11 is 0. The molecule has 1 aromatic carbocycles. The molecule has 9 heteroatoms. The van der Waals surface area contributed by atoms with Gasteiger partial charge in [0.05, 0.1) is 5.69 Å². The molecule has 0 unspecified atom stereocenters. The van der Waals surface area contributed by atoms with Gasteiger partial charge in [0, 0.05) is 25.1 Å². The zero-order valence-corrected chi connectivity index (χ0v) is 15.6. The van der Waals surface area contributed by atoms with Crippen LogP contribution in [0, 0.1) is 6.92 Å². The van der Waals surface area contributed by atoms with E-state index in [1.165, 1.54) is 4.90 Å². The number of carbonyl (C=O) groups excluding carboxylic acids is 2. The van der Waals surface area contributed by atoms with Crippen molar-refractivity contribution in [3.8, 4) is 5.75 Å². The van der Waals surface area contributed by atoms with Crippen LogP contribution in [0.15, 0.2) is 48.8 Å². The van der Waals surface area contributed by atoms with E-state index >= 15 is 0 Å². The van der Waals surface area contributed by atoms with Crippen molar-refractivity contribution in [1.82, 2.24) is 24.9 Å². The molecule has 1 atom stereocenters. The normalized spacial score (nSPS) is 16.3. The van der Waals surface area contributed by atoms with Gasteiger partial charge in [0.25, 0.3) is 11.8 Å². The Hall–Kier alpha value is -3.62. The highest BCUT2D eigenvalue weighted by Crippen LogP contribution is 2.29. The third-order valence-corrected chi connectivity index (χ3v) is 4.62. The lowest BCUT2D eigenvalue weighted by atomic mass is 10.2. The van der Waals surface area contributed by atoms with E-state index in [-0.39, 0.29) is 18.2 Å². The molecule has 1 aliphatic heterocycles. The second-order valence-corrected chi connectivity index (χ2v) is 6.56. The number of amides is 2. The lowest BCUT2D eigenvalue weighted by Crippen LogP contribution is -2.49. The average molecular weight is 380 g/mol. The molecular weight excluding hydrogens is 360 g/mol. The van der Waals surface area contributed by atoms with Crippen molar-refractivity contribution in [3.63, 3.8) is 0 Å². The minimum Gasteiger partial charge on any atom is -0.489 e. The Labute approximate surface area is 161 Å². The Balaban J connectivity index is 1.49. The first-order chi connectivity index (χ1) is 13.5. The molecule has 0 aliphatic carbocycles. The van der Waals surface area contributed by atoms with Gasteiger partial charge in [-0.1, -0.05) is 12.1 Å². The van der Waals surface area contributed by atoms with Crippen LogP contribution < -0.4 is 15.0 Å². The number of benzene rings is 1. The third kappa shape index (κ3) is 3.34. The molecule has 9 nitrogen and oxygen atoms in total. The van der Waals surface area contributed by atoms with Gasteiger partial charge < -0.3 is 15.0 Å². The van der Waals surface area contributed by atoms with Gasteiger partial charge in [-0.05, 0) is 31.2 Å². The largest absolute Gasteiger partial charge is 0.489 e. The third-order valence-electron chi connectivity index (χ3n) is 4.62. The molecule has 4 rings (SSSR count). The van der Waals surface area contributed by atoms with Crippen molar-refractivity contribution in [2.24, 2.45) is 0 Å². The number of aryl methyl sites for hydroxylation is 1. The molecule has 3 aromatic rings. The summed E-state index contributed by atoms with van der Waals surface area (Å²) < 4.78 is 9.10. The fourth-order valence-electron chi connectivity index (χ4n) is 3.07. The summed E-state index contributed by atoms with van der Waals surface area (Å²) in [5, 5.41) is 11.2. The highest BCUT2D eigenvalue weighted by molar-refractivity contribution is 6.02. The highest BCUT2D eigenvalue weighted by Gasteiger charge is 2.31. The highest BCUT2D eigenvalue weighted by atomic mass is 16.5. The lowest BCUT2D eigenvalue weighted by molar-refractivity contribution is -0.120. The molecule has 0 spiro atoms. The lowest BCUT2D eigenvalue weighted by Gasteiger charge is -2.20. The molecule has 3 heterocycles. The summed E-state index contributed by atoms with van der Waals surface area (Å²) in [6.45, 7) is 2.31. The van der Waals surface area contributed by atoms with E-state index in [0.717, 1.165) is 5.69 Å². The quantitative estimate of drug-likeness (QED) is 0.730. The van der Waals surface area contributed by atoms with E-state index in [1.54, 1.807) is 40.8 Å². The van der Waals surface area contributed by atoms with Crippen molar-refractivity contribution in [2.45, 2.75) is 19.6 Å². The summed E-state index contributed by atoms with van der Waals surface area (Å²) in [6, 6.07) is 9.96. The van der Waals surface area contributed by atoms with Crippen LogP contribution in [-0.2, 0) is 11.5 Å². The first-order valence-corrected chi connectivity index (χ1v) is 8.85. The van der Waals surface area contributed by atoms with E-state index < -0.39 is 11.9 Å². The monoisotopic (exact) mass is 380 g/mol. The van der Waals surface area contributed by atoms with E-state index in [4.69, 9.17) is 4.74 Å². The van der Waals surface area contributed by atoms with E-state index in [0.29, 0.717) is 18.1 Å². The van der Waals surface area contributed by atoms with Crippen LogP contribution in [0.25, 0.3) is 0 Å². The number of anilines is 1. The van der Waals surface area contributed by atoms with Gasteiger partial charge in [-0.3, -0.25) is 14.3 Å². The second kappa shape index (κ2) is 7.18. The van der Waals surface area contributed by atoms with Crippen molar-refractivity contribution in [3.05, 3.63) is 60.2 Å². The number of aromatic nitrogens is 4. The number of likely N-dealkylation sites (N-methyl/N-ethyl adjacent to an activating group) is 1. The van der Waals surface area contributed by atoms with E-state index in [2.05, 4.69) is 15.5 Å². The molecule has 1 N–H and O–H groups in total. The summed E-state index contributed by atoms with van der Waals surface area (Å²) in [7, 11) is 1.66. The van der Waals surface area contributed by atoms with Crippen LogP contribution in [0.2, 0.25) is 0 Å². The van der Waals surface area contributed by atoms with Crippen LogP contribution in [0.3, 0.4) is 0 Å². The predicted octanol–water partition coefficient (Wildman–Crippen LogP) is 1.05. The minimum absolute atomic E-state index is 0.0545. The zero-order chi connectivity index (χ0) is 19.7. The maximum atomic E-state index is 12.8. The number of rotatable bonds is 4. The second-order valence-electron chi connectivity index (χ2n) is 6.56. The number of ether oxygens (including phenoxy) is 1. The first kappa shape index (κ1) is 17.8. The van der Waals surface area contributed by atoms with Crippen molar-refractivity contribution in [1.29, 1.82) is 0 Å². The molecule has 144 valence electrons. The average Bonchev–Trinajstić information content (AvgIpc) is 3.32. The minimum atomic E-state index is -0.804. The molecule has 28 heavy (non-hydrogen) atoms. The Bertz CT molecular complexity index is 1010. The Kier molecular flexibility index (Phi) is 4.56. The van der Waals surface area contributed by atoms with Gasteiger partial charge in [-0.15, -0.1) is 0 Å².